The number of hydrogen-bond donors (Lipinski definition) is 1. The van der Waals surface area contributed by atoms with Crippen molar-refractivity contribution >= 4 is 28.4 Å². The average molecular weight is 483 g/mol. The Hall–Kier alpha value is -4.13. The SMILES string of the molecule is Cc1[nH]c2ccccc2c1[C@@H]1c2ccccc2C(=O)N1CC(=O)N1CCN(c2ccc(F)cc2)CC1. The largest absolute Gasteiger partial charge is 0.368 e. The fourth-order valence-electron chi connectivity index (χ4n) is 5.61. The summed E-state index contributed by atoms with van der Waals surface area (Å²) in [6, 6.07) is 21.9. The van der Waals surface area contributed by atoms with Gasteiger partial charge in [-0.1, -0.05) is 36.4 Å². The van der Waals surface area contributed by atoms with Gasteiger partial charge in [-0.3, -0.25) is 9.59 Å². The highest BCUT2D eigenvalue weighted by Gasteiger charge is 2.41. The Morgan fingerprint density at radius 1 is 0.944 bits per heavy atom. The summed E-state index contributed by atoms with van der Waals surface area (Å²) in [7, 11) is 0. The molecule has 1 N–H and O–H groups in total. The summed E-state index contributed by atoms with van der Waals surface area (Å²) in [6.45, 7) is 4.49. The molecule has 2 amide bonds. The van der Waals surface area contributed by atoms with E-state index in [0.717, 1.165) is 33.4 Å². The third-order valence-electron chi connectivity index (χ3n) is 7.40. The van der Waals surface area contributed by atoms with Crippen LogP contribution in [0.25, 0.3) is 10.9 Å². The summed E-state index contributed by atoms with van der Waals surface area (Å²) in [5, 5.41) is 1.06. The molecule has 4 aromatic rings. The van der Waals surface area contributed by atoms with E-state index in [-0.39, 0.29) is 30.2 Å². The van der Waals surface area contributed by atoms with Gasteiger partial charge in [-0.15, -0.1) is 0 Å². The number of amides is 2. The van der Waals surface area contributed by atoms with Crippen LogP contribution < -0.4 is 4.90 Å². The molecule has 0 radical (unpaired) electrons. The summed E-state index contributed by atoms with van der Waals surface area (Å²) >= 11 is 0. The van der Waals surface area contributed by atoms with Crippen LogP contribution in [0.1, 0.15) is 33.2 Å². The number of aromatic amines is 1. The van der Waals surface area contributed by atoms with Crippen LogP contribution in [0, 0.1) is 12.7 Å². The van der Waals surface area contributed by atoms with Gasteiger partial charge in [0.25, 0.3) is 5.91 Å². The van der Waals surface area contributed by atoms with Gasteiger partial charge in [0, 0.05) is 59.6 Å². The molecule has 0 aliphatic carbocycles. The van der Waals surface area contributed by atoms with Crippen LogP contribution in [0.4, 0.5) is 10.1 Å². The first-order valence-corrected chi connectivity index (χ1v) is 12.3. The van der Waals surface area contributed by atoms with Gasteiger partial charge in [0.05, 0.1) is 6.04 Å². The molecule has 1 saturated heterocycles. The number of piperazine rings is 1. The van der Waals surface area contributed by atoms with E-state index in [1.165, 1.54) is 12.1 Å². The number of rotatable bonds is 4. The highest BCUT2D eigenvalue weighted by atomic mass is 19.1. The molecule has 7 heteroatoms. The molecule has 0 saturated carbocycles. The van der Waals surface area contributed by atoms with E-state index in [2.05, 4.69) is 16.0 Å². The predicted octanol–water partition coefficient (Wildman–Crippen LogP) is 4.51. The lowest BCUT2D eigenvalue weighted by Gasteiger charge is -2.37. The van der Waals surface area contributed by atoms with E-state index >= 15 is 0 Å². The Balaban J connectivity index is 1.25. The molecule has 0 bridgehead atoms. The van der Waals surface area contributed by atoms with E-state index < -0.39 is 0 Å². The maximum absolute atomic E-state index is 13.5. The third kappa shape index (κ3) is 3.71. The zero-order valence-electron chi connectivity index (χ0n) is 20.1. The monoisotopic (exact) mass is 482 g/mol. The standard InChI is InChI=1S/C29H27FN4O2/c1-19-27(24-8-4-5-9-25(24)31-19)28-22-6-2-3-7-23(22)29(36)34(28)18-26(35)33-16-14-32(15-17-33)21-12-10-20(30)11-13-21/h2-13,28,31H,14-18H2,1H3/t28-/m0/s1. The molecule has 2 aliphatic heterocycles. The molecule has 3 aromatic carbocycles. The van der Waals surface area contributed by atoms with Gasteiger partial charge in [-0.2, -0.15) is 0 Å². The van der Waals surface area contributed by atoms with Gasteiger partial charge in [0.15, 0.2) is 0 Å². The molecular weight excluding hydrogens is 455 g/mol. The molecule has 3 heterocycles. The molecule has 1 atom stereocenters. The van der Waals surface area contributed by atoms with Crippen molar-refractivity contribution in [1.82, 2.24) is 14.8 Å². The first kappa shape index (κ1) is 22.3. The van der Waals surface area contributed by atoms with Crippen LogP contribution in [0.15, 0.2) is 72.8 Å². The lowest BCUT2D eigenvalue weighted by molar-refractivity contribution is -0.132. The second-order valence-electron chi connectivity index (χ2n) is 9.48. The Bertz CT molecular complexity index is 1450. The number of anilines is 1. The number of aryl methyl sites for hydroxylation is 1. The number of carbonyl (C=O) groups excluding carboxylic acids is 2. The molecule has 6 nitrogen and oxygen atoms in total. The van der Waals surface area contributed by atoms with Crippen molar-refractivity contribution < 1.29 is 14.0 Å². The smallest absolute Gasteiger partial charge is 0.255 e. The number of nitrogens with one attached hydrogen (secondary N) is 1. The van der Waals surface area contributed by atoms with Crippen molar-refractivity contribution in [3.63, 3.8) is 0 Å². The number of halogens is 1. The number of H-pyrrole nitrogens is 1. The molecule has 2 aliphatic rings. The van der Waals surface area contributed by atoms with Gasteiger partial charge < -0.3 is 19.7 Å². The van der Waals surface area contributed by atoms with Crippen molar-refractivity contribution in [2.45, 2.75) is 13.0 Å². The second kappa shape index (κ2) is 8.82. The number of para-hydroxylation sites is 1. The Morgan fingerprint density at radius 3 is 2.42 bits per heavy atom. The number of hydrogen-bond acceptors (Lipinski definition) is 3. The molecule has 1 fully saturated rings. The lowest BCUT2D eigenvalue weighted by atomic mass is 9.95. The summed E-state index contributed by atoms with van der Waals surface area (Å²) in [4.78, 5) is 36.1. The molecule has 0 unspecified atom stereocenters. The van der Waals surface area contributed by atoms with Crippen LogP contribution in [-0.2, 0) is 4.79 Å². The number of carbonyl (C=O) groups is 2. The zero-order valence-corrected chi connectivity index (χ0v) is 20.1. The molecule has 36 heavy (non-hydrogen) atoms. The van der Waals surface area contributed by atoms with Crippen LogP contribution in [0.3, 0.4) is 0 Å². The maximum Gasteiger partial charge on any atom is 0.255 e. The fourth-order valence-corrected chi connectivity index (χ4v) is 5.61. The van der Waals surface area contributed by atoms with Crippen LogP contribution >= 0.6 is 0 Å². The molecule has 0 spiro atoms. The first-order chi connectivity index (χ1) is 17.5. The van der Waals surface area contributed by atoms with E-state index in [9.17, 15) is 14.0 Å². The fraction of sp³-hybridized carbons (Fsp3) is 0.241. The summed E-state index contributed by atoms with van der Waals surface area (Å²) in [5.74, 6) is -0.431. The van der Waals surface area contributed by atoms with Crippen LogP contribution in [0.5, 0.6) is 0 Å². The molecule has 6 rings (SSSR count). The van der Waals surface area contributed by atoms with Crippen LogP contribution in [0.2, 0.25) is 0 Å². The van der Waals surface area contributed by atoms with Gasteiger partial charge >= 0.3 is 0 Å². The van der Waals surface area contributed by atoms with Crippen molar-refractivity contribution in [1.29, 1.82) is 0 Å². The van der Waals surface area contributed by atoms with Crippen molar-refractivity contribution in [2.75, 3.05) is 37.6 Å². The maximum atomic E-state index is 13.5. The first-order valence-electron chi connectivity index (χ1n) is 12.3. The number of fused-ring (bicyclic) bond motifs is 2. The Kier molecular flexibility index (Phi) is 5.48. The molecule has 1 aromatic heterocycles. The Labute approximate surface area is 208 Å². The molecule has 182 valence electrons. The minimum Gasteiger partial charge on any atom is -0.368 e. The normalized spacial score (nSPS) is 17.7. The lowest BCUT2D eigenvalue weighted by Crippen LogP contribution is -2.51. The van der Waals surface area contributed by atoms with Gasteiger partial charge in [0.2, 0.25) is 5.91 Å². The number of nitrogens with zero attached hydrogens (tertiary/aromatic N) is 3. The van der Waals surface area contributed by atoms with Crippen molar-refractivity contribution in [2.24, 2.45) is 0 Å². The highest BCUT2D eigenvalue weighted by molar-refractivity contribution is 6.02. The van der Waals surface area contributed by atoms with Gasteiger partial charge in [-0.05, 0) is 48.9 Å². The highest BCUT2D eigenvalue weighted by Crippen LogP contribution is 2.42. The number of aromatic nitrogens is 1. The zero-order chi connectivity index (χ0) is 24.8. The second-order valence-corrected chi connectivity index (χ2v) is 9.48. The van der Waals surface area contributed by atoms with Gasteiger partial charge in [-0.25, -0.2) is 4.39 Å². The van der Waals surface area contributed by atoms with E-state index in [1.54, 1.807) is 17.0 Å². The van der Waals surface area contributed by atoms with Crippen molar-refractivity contribution in [3.8, 4) is 0 Å². The minimum absolute atomic E-state index is 0.0215. The molecular formula is C29H27FN4O2. The van der Waals surface area contributed by atoms with E-state index in [4.69, 9.17) is 0 Å². The minimum atomic E-state index is -0.325. The average Bonchev–Trinajstić information content (AvgIpc) is 3.37. The summed E-state index contributed by atoms with van der Waals surface area (Å²) in [5.41, 5.74) is 5.59. The topological polar surface area (TPSA) is 59.7 Å². The summed E-state index contributed by atoms with van der Waals surface area (Å²) < 4.78 is 13.3. The van der Waals surface area contributed by atoms with Gasteiger partial charge in [0.1, 0.15) is 12.4 Å². The quantitative estimate of drug-likeness (QED) is 0.466. The summed E-state index contributed by atoms with van der Waals surface area (Å²) in [6.07, 6.45) is 0. The Morgan fingerprint density at radius 2 is 1.64 bits per heavy atom. The van der Waals surface area contributed by atoms with Crippen molar-refractivity contribution in [3.05, 3.63) is 101 Å². The van der Waals surface area contributed by atoms with Crippen LogP contribution in [-0.4, -0.2) is 59.3 Å². The van der Waals surface area contributed by atoms with E-state index in [1.807, 2.05) is 54.3 Å². The predicted molar refractivity (Wildman–Crippen MR) is 138 cm³/mol. The number of benzene rings is 3. The third-order valence-corrected chi connectivity index (χ3v) is 7.40. The van der Waals surface area contributed by atoms with E-state index in [0.29, 0.717) is 31.7 Å².